The lowest BCUT2D eigenvalue weighted by Crippen LogP contribution is -2.16. The van der Waals surface area contributed by atoms with Gasteiger partial charge in [0.15, 0.2) is 19.7 Å². The lowest BCUT2D eigenvalue weighted by molar-refractivity contribution is -0.512. The van der Waals surface area contributed by atoms with E-state index >= 15 is 0 Å². The van der Waals surface area contributed by atoms with Gasteiger partial charge in [0.25, 0.3) is 0 Å². The Kier molecular flexibility index (Phi) is 12.6. The maximum absolute atomic E-state index is 5.88. The van der Waals surface area contributed by atoms with Gasteiger partial charge in [-0.15, -0.1) is 11.6 Å². The molecule has 0 amide bonds. The van der Waals surface area contributed by atoms with E-state index < -0.39 is 0 Å². The Morgan fingerprint density at radius 1 is 0.931 bits per heavy atom. The minimum atomic E-state index is 0.617. The zero-order valence-electron chi connectivity index (χ0n) is 18.2. The van der Waals surface area contributed by atoms with Crippen LogP contribution in [0, 0.1) is 0 Å². The third-order valence-corrected chi connectivity index (χ3v) is 5.51. The topological polar surface area (TPSA) is 21.5 Å². The summed E-state index contributed by atoms with van der Waals surface area (Å²) in [6.45, 7) is 5.56. The fourth-order valence-electron chi connectivity index (χ4n) is 3.56. The number of hydrogen-bond donors (Lipinski definition) is 0. The third kappa shape index (κ3) is 10.2. The molecule has 1 heterocycles. The lowest BCUT2D eigenvalue weighted by atomic mass is 10.1. The van der Waals surface area contributed by atoms with E-state index in [0.29, 0.717) is 5.88 Å². The molecule has 162 valence electrons. The zero-order valence-corrected chi connectivity index (χ0v) is 19.0. The monoisotopic (exact) mass is 420 g/mol. The van der Waals surface area contributed by atoms with Crippen molar-refractivity contribution in [2.75, 3.05) is 32.2 Å². The molecule has 1 aromatic rings. The summed E-state index contributed by atoms with van der Waals surface area (Å²) in [7, 11) is 0. The van der Waals surface area contributed by atoms with Gasteiger partial charge in [0.05, 0.1) is 18.6 Å². The van der Waals surface area contributed by atoms with Crippen LogP contribution >= 0.6 is 11.6 Å². The fourth-order valence-corrected chi connectivity index (χ4v) is 3.77. The van der Waals surface area contributed by atoms with E-state index in [0.717, 1.165) is 49.9 Å². The van der Waals surface area contributed by atoms with Crippen molar-refractivity contribution >= 4 is 23.6 Å². The molecule has 0 aliphatic carbocycles. The van der Waals surface area contributed by atoms with Crippen LogP contribution in [0.4, 0.5) is 0 Å². The van der Waals surface area contributed by atoms with E-state index in [4.69, 9.17) is 21.1 Å². The number of halogens is 1. The molecule has 29 heavy (non-hydrogen) atoms. The maximum Gasteiger partial charge on any atom is 0.362 e. The highest BCUT2D eigenvalue weighted by molar-refractivity contribution is 6.18. The van der Waals surface area contributed by atoms with Crippen LogP contribution < -0.4 is 4.74 Å². The molecule has 0 aromatic heterocycles. The van der Waals surface area contributed by atoms with E-state index in [1.165, 1.54) is 57.8 Å². The van der Waals surface area contributed by atoms with Gasteiger partial charge in [0.2, 0.25) is 0 Å². The largest absolute Gasteiger partial charge is 0.494 e. The van der Waals surface area contributed by atoms with Gasteiger partial charge in [-0.05, 0) is 30.2 Å². The molecule has 4 heteroatoms. The van der Waals surface area contributed by atoms with Crippen molar-refractivity contribution in [2.24, 2.45) is 0 Å². The summed E-state index contributed by atoms with van der Waals surface area (Å²) in [5, 5.41) is 0. The van der Waals surface area contributed by atoms with Gasteiger partial charge in [-0.3, -0.25) is 0 Å². The summed E-state index contributed by atoms with van der Waals surface area (Å²) in [4.78, 5) is 0. The molecule has 0 saturated heterocycles. The average Bonchev–Trinajstić information content (AvgIpc) is 3.19. The summed E-state index contributed by atoms with van der Waals surface area (Å²) >= 11 is 5.84. The van der Waals surface area contributed by atoms with Crippen LogP contribution in [0.5, 0.6) is 5.75 Å². The SMILES string of the molecule is CCCCCCCCCCCCOc1ccc(/C=C/C2=[N+](CCCl)CCO2)cc1. The molecule has 0 radical (unpaired) electrons. The number of unbranched alkanes of at least 4 members (excludes halogenated alkanes) is 9. The van der Waals surface area contributed by atoms with Gasteiger partial charge in [-0.25, -0.2) is 0 Å². The Hall–Kier alpha value is -1.48. The first-order chi connectivity index (χ1) is 14.3. The molecule has 0 atom stereocenters. The smallest absolute Gasteiger partial charge is 0.362 e. The summed E-state index contributed by atoms with van der Waals surface area (Å²) in [6.07, 6.45) is 17.6. The van der Waals surface area contributed by atoms with Crippen molar-refractivity contribution in [3.8, 4) is 5.75 Å². The van der Waals surface area contributed by atoms with E-state index in [1.807, 2.05) is 18.2 Å². The van der Waals surface area contributed by atoms with Crippen LogP contribution in [0.1, 0.15) is 76.7 Å². The molecule has 0 spiro atoms. The maximum atomic E-state index is 5.88. The minimum absolute atomic E-state index is 0.617. The van der Waals surface area contributed by atoms with Gasteiger partial charge in [-0.1, -0.05) is 76.8 Å². The van der Waals surface area contributed by atoms with Crippen molar-refractivity contribution in [2.45, 2.75) is 71.1 Å². The van der Waals surface area contributed by atoms with Crippen molar-refractivity contribution < 1.29 is 14.0 Å². The molecule has 0 unspecified atom stereocenters. The van der Waals surface area contributed by atoms with E-state index in [2.05, 4.69) is 29.7 Å². The highest BCUT2D eigenvalue weighted by Gasteiger charge is 2.20. The molecular weight excluding hydrogens is 382 g/mol. The van der Waals surface area contributed by atoms with Gasteiger partial charge in [0.1, 0.15) is 5.75 Å². The molecule has 2 rings (SSSR count). The van der Waals surface area contributed by atoms with Gasteiger partial charge < -0.3 is 9.47 Å². The predicted molar refractivity (Wildman–Crippen MR) is 124 cm³/mol. The van der Waals surface area contributed by atoms with Gasteiger partial charge in [0, 0.05) is 0 Å². The second kappa shape index (κ2) is 15.4. The van der Waals surface area contributed by atoms with Crippen molar-refractivity contribution in [1.82, 2.24) is 0 Å². The molecule has 0 fully saturated rings. The fraction of sp³-hybridized carbons (Fsp3) is 0.640. The van der Waals surface area contributed by atoms with Crippen LogP contribution in [-0.4, -0.2) is 42.7 Å². The zero-order chi connectivity index (χ0) is 20.6. The minimum Gasteiger partial charge on any atom is -0.494 e. The van der Waals surface area contributed by atoms with Crippen LogP contribution in [0.15, 0.2) is 30.3 Å². The molecule has 0 N–H and O–H groups in total. The number of nitrogens with zero attached hydrogens (tertiary/aromatic N) is 1. The molecule has 3 nitrogen and oxygen atoms in total. The molecular formula is C25H39ClNO2+. The first kappa shape index (κ1) is 23.8. The Balaban J connectivity index is 1.56. The number of alkyl halides is 1. The van der Waals surface area contributed by atoms with Crippen LogP contribution in [-0.2, 0) is 4.74 Å². The summed E-state index contributed by atoms with van der Waals surface area (Å²) in [5.74, 6) is 2.48. The molecule has 1 aromatic carbocycles. The summed E-state index contributed by atoms with van der Waals surface area (Å²) < 4.78 is 13.7. The van der Waals surface area contributed by atoms with Crippen LogP contribution in [0.2, 0.25) is 0 Å². The molecule has 1 aliphatic rings. The average molecular weight is 421 g/mol. The Morgan fingerprint density at radius 2 is 1.59 bits per heavy atom. The standard InChI is InChI=1S/C25H39ClNO2/c1-2-3-4-5-6-7-8-9-10-11-21-28-24-15-12-23(13-16-24)14-17-25-27(19-18-26)20-22-29-25/h12-17H,2-11,18-22H2,1H3/q+1/b17-14+. The predicted octanol–water partition coefficient (Wildman–Crippen LogP) is 6.68. The molecule has 0 bridgehead atoms. The number of hydrogen-bond acceptors (Lipinski definition) is 2. The van der Waals surface area contributed by atoms with Gasteiger partial charge in [-0.2, -0.15) is 4.58 Å². The van der Waals surface area contributed by atoms with Crippen molar-refractivity contribution in [3.05, 3.63) is 35.9 Å². The first-order valence-corrected chi connectivity index (χ1v) is 12.1. The third-order valence-electron chi connectivity index (χ3n) is 5.34. The van der Waals surface area contributed by atoms with Crippen LogP contribution in [0.3, 0.4) is 0 Å². The summed E-state index contributed by atoms with van der Waals surface area (Å²) in [6, 6.07) is 8.27. The normalized spacial score (nSPS) is 14.0. The Bertz CT molecular complexity index is 610. The highest BCUT2D eigenvalue weighted by atomic mass is 35.5. The number of rotatable bonds is 16. The van der Waals surface area contributed by atoms with E-state index in [9.17, 15) is 0 Å². The lowest BCUT2D eigenvalue weighted by Gasteiger charge is -2.06. The molecule has 1 aliphatic heterocycles. The number of benzene rings is 1. The van der Waals surface area contributed by atoms with Crippen LogP contribution in [0.25, 0.3) is 6.08 Å². The Labute approximate surface area is 182 Å². The molecule has 0 saturated carbocycles. The van der Waals surface area contributed by atoms with E-state index in [-0.39, 0.29) is 0 Å². The van der Waals surface area contributed by atoms with E-state index in [1.54, 1.807) is 0 Å². The first-order valence-electron chi connectivity index (χ1n) is 11.5. The van der Waals surface area contributed by atoms with Crippen molar-refractivity contribution in [1.29, 1.82) is 0 Å². The Morgan fingerprint density at radius 3 is 2.24 bits per heavy atom. The second-order valence-corrected chi connectivity index (χ2v) is 8.17. The van der Waals surface area contributed by atoms with Crippen molar-refractivity contribution in [3.63, 3.8) is 0 Å². The quantitative estimate of drug-likeness (QED) is 0.169. The number of ether oxygens (including phenoxy) is 2. The summed E-state index contributed by atoms with van der Waals surface area (Å²) in [5.41, 5.74) is 1.14. The van der Waals surface area contributed by atoms with Gasteiger partial charge >= 0.3 is 5.90 Å². The highest BCUT2D eigenvalue weighted by Crippen LogP contribution is 2.15. The second-order valence-electron chi connectivity index (χ2n) is 7.80.